The average Bonchev–Trinajstić information content (AvgIpc) is 2.67. The van der Waals surface area contributed by atoms with Crippen LogP contribution in [0.4, 0.5) is 5.69 Å². The van der Waals surface area contributed by atoms with E-state index in [0.29, 0.717) is 11.3 Å². The number of hydrogen-bond donors (Lipinski definition) is 1. The van der Waals surface area contributed by atoms with Crippen LogP contribution >= 0.6 is 0 Å². The largest absolute Gasteiger partial charge is 0.449 e. The van der Waals surface area contributed by atoms with Crippen molar-refractivity contribution in [3.63, 3.8) is 0 Å². The molecule has 1 aromatic rings. The van der Waals surface area contributed by atoms with Crippen LogP contribution in [0.3, 0.4) is 0 Å². The summed E-state index contributed by atoms with van der Waals surface area (Å²) in [7, 11) is -3.48. The van der Waals surface area contributed by atoms with Gasteiger partial charge in [0.15, 0.2) is 11.9 Å². The van der Waals surface area contributed by atoms with Crippen molar-refractivity contribution in [2.75, 3.05) is 17.6 Å². The first-order valence-electron chi connectivity index (χ1n) is 8.77. The highest BCUT2D eigenvalue weighted by molar-refractivity contribution is 7.90. The number of sulfonamides is 1. The molecule has 1 atom stereocenters. The molecule has 3 rings (SSSR count). The molecule has 0 bridgehead atoms. The Morgan fingerprint density at radius 3 is 2.52 bits per heavy atom. The number of esters is 1. The molecular formula is C19H19N3O6S. The SMILES string of the molecule is CC(=O)c1ccc(NC(=O)[C@@H](C)OC(=O)C2=CN3CCS(=O)(=O)N=C3C=C2)cc1. The van der Waals surface area contributed by atoms with Gasteiger partial charge in [0, 0.05) is 24.0 Å². The highest BCUT2D eigenvalue weighted by Gasteiger charge is 2.27. The molecule has 0 radical (unpaired) electrons. The summed E-state index contributed by atoms with van der Waals surface area (Å²) in [5.74, 6) is -1.25. The van der Waals surface area contributed by atoms with Crippen molar-refractivity contribution < 1.29 is 27.5 Å². The molecule has 1 N–H and O–H groups in total. The zero-order chi connectivity index (χ0) is 21.2. The van der Waals surface area contributed by atoms with Gasteiger partial charge in [-0.15, -0.1) is 4.40 Å². The maximum atomic E-state index is 12.3. The summed E-state index contributed by atoms with van der Waals surface area (Å²) in [5, 5.41) is 2.61. The summed E-state index contributed by atoms with van der Waals surface area (Å²) in [5.41, 5.74) is 1.16. The number of amidine groups is 1. The number of benzene rings is 1. The number of carbonyl (C=O) groups is 3. The number of carbonyl (C=O) groups excluding carboxylic acids is 3. The molecule has 0 aliphatic carbocycles. The van der Waals surface area contributed by atoms with E-state index in [4.69, 9.17) is 4.74 Å². The minimum Gasteiger partial charge on any atom is -0.449 e. The first-order chi connectivity index (χ1) is 13.6. The number of hydrogen-bond acceptors (Lipinski definition) is 7. The second-order valence-electron chi connectivity index (χ2n) is 6.52. The summed E-state index contributed by atoms with van der Waals surface area (Å²) >= 11 is 0. The van der Waals surface area contributed by atoms with Crippen molar-refractivity contribution >= 4 is 39.2 Å². The molecule has 1 amide bonds. The first-order valence-corrected chi connectivity index (χ1v) is 10.4. The summed E-state index contributed by atoms with van der Waals surface area (Å²) < 4.78 is 31.9. The highest BCUT2D eigenvalue weighted by Crippen LogP contribution is 2.17. The van der Waals surface area contributed by atoms with Gasteiger partial charge in [0.1, 0.15) is 5.84 Å². The zero-order valence-electron chi connectivity index (χ0n) is 15.8. The van der Waals surface area contributed by atoms with Gasteiger partial charge >= 0.3 is 5.97 Å². The fourth-order valence-electron chi connectivity index (χ4n) is 2.64. The maximum Gasteiger partial charge on any atom is 0.340 e. The number of amides is 1. The van der Waals surface area contributed by atoms with Crippen LogP contribution in [0.5, 0.6) is 0 Å². The quantitative estimate of drug-likeness (QED) is 0.565. The molecule has 2 aliphatic rings. The Morgan fingerprint density at radius 1 is 1.17 bits per heavy atom. The van der Waals surface area contributed by atoms with Crippen LogP contribution < -0.4 is 5.32 Å². The van der Waals surface area contributed by atoms with E-state index in [1.807, 2.05) is 0 Å². The topological polar surface area (TPSA) is 122 Å². The van der Waals surface area contributed by atoms with Crippen LogP contribution in [0.2, 0.25) is 0 Å². The van der Waals surface area contributed by atoms with Crippen molar-refractivity contribution in [1.29, 1.82) is 0 Å². The predicted molar refractivity (Wildman–Crippen MR) is 106 cm³/mol. The number of ether oxygens (including phenoxy) is 1. The van der Waals surface area contributed by atoms with E-state index in [2.05, 4.69) is 9.71 Å². The Balaban J connectivity index is 1.60. The van der Waals surface area contributed by atoms with Gasteiger partial charge in [-0.3, -0.25) is 9.59 Å². The number of nitrogens with one attached hydrogen (secondary N) is 1. The Morgan fingerprint density at radius 2 is 1.86 bits per heavy atom. The number of nitrogens with zero attached hydrogens (tertiary/aromatic N) is 2. The summed E-state index contributed by atoms with van der Waals surface area (Å²) in [6, 6.07) is 6.34. The number of anilines is 1. The lowest BCUT2D eigenvalue weighted by Gasteiger charge is -2.27. The lowest BCUT2D eigenvalue weighted by molar-refractivity contribution is -0.149. The average molecular weight is 417 g/mol. The van der Waals surface area contributed by atoms with E-state index < -0.39 is 28.0 Å². The van der Waals surface area contributed by atoms with Crippen molar-refractivity contribution in [3.05, 3.63) is 53.8 Å². The molecule has 0 spiro atoms. The molecule has 2 aliphatic heterocycles. The van der Waals surface area contributed by atoms with Crippen LogP contribution in [0, 0.1) is 0 Å². The summed E-state index contributed by atoms with van der Waals surface area (Å²) in [6.07, 6.45) is 3.18. The van der Waals surface area contributed by atoms with E-state index in [-0.39, 0.29) is 29.5 Å². The molecule has 9 nitrogen and oxygen atoms in total. The molecule has 29 heavy (non-hydrogen) atoms. The molecule has 152 valence electrons. The van der Waals surface area contributed by atoms with Crippen molar-refractivity contribution in [2.24, 2.45) is 4.40 Å². The summed E-state index contributed by atoms with van der Waals surface area (Å²) in [4.78, 5) is 37.4. The van der Waals surface area contributed by atoms with Gasteiger partial charge in [-0.25, -0.2) is 13.2 Å². The monoisotopic (exact) mass is 417 g/mol. The van der Waals surface area contributed by atoms with E-state index >= 15 is 0 Å². The van der Waals surface area contributed by atoms with Gasteiger partial charge < -0.3 is 15.0 Å². The first kappa shape index (κ1) is 20.5. The van der Waals surface area contributed by atoms with Gasteiger partial charge in [-0.1, -0.05) is 0 Å². The molecule has 0 saturated carbocycles. The van der Waals surface area contributed by atoms with Crippen LogP contribution in [0.25, 0.3) is 0 Å². The van der Waals surface area contributed by atoms with E-state index in [1.165, 1.54) is 32.2 Å². The van der Waals surface area contributed by atoms with Gasteiger partial charge in [-0.2, -0.15) is 0 Å². The number of fused-ring (bicyclic) bond motifs is 1. The fourth-order valence-corrected chi connectivity index (χ4v) is 3.61. The molecule has 2 heterocycles. The second kappa shape index (κ2) is 8.00. The molecule has 0 saturated heterocycles. The van der Waals surface area contributed by atoms with Crippen LogP contribution in [0.1, 0.15) is 24.2 Å². The lowest BCUT2D eigenvalue weighted by Crippen LogP contribution is -2.37. The van der Waals surface area contributed by atoms with Crippen molar-refractivity contribution in [3.8, 4) is 0 Å². The minimum atomic E-state index is -3.48. The third-order valence-electron chi connectivity index (χ3n) is 4.27. The molecule has 10 heteroatoms. The highest BCUT2D eigenvalue weighted by atomic mass is 32.2. The van der Waals surface area contributed by atoms with Crippen molar-refractivity contribution in [2.45, 2.75) is 20.0 Å². The number of Topliss-reactive ketones (excluding diaryl/α,β-unsaturated/α-hetero) is 1. The fraction of sp³-hybridized carbons (Fsp3) is 0.263. The van der Waals surface area contributed by atoms with Crippen LogP contribution in [-0.2, 0) is 24.3 Å². The van der Waals surface area contributed by atoms with E-state index in [9.17, 15) is 22.8 Å². The van der Waals surface area contributed by atoms with E-state index in [1.54, 1.807) is 29.2 Å². The second-order valence-corrected chi connectivity index (χ2v) is 8.27. The number of rotatable bonds is 5. The van der Waals surface area contributed by atoms with E-state index in [0.717, 1.165) is 0 Å². The maximum absolute atomic E-state index is 12.3. The Bertz CT molecular complexity index is 1050. The zero-order valence-corrected chi connectivity index (χ0v) is 16.6. The third kappa shape index (κ3) is 4.96. The Labute approximate surface area is 167 Å². The number of ketones is 1. The normalized spacial score (nSPS) is 18.1. The minimum absolute atomic E-state index is 0.0847. The molecule has 0 aromatic heterocycles. The van der Waals surface area contributed by atoms with Crippen molar-refractivity contribution in [1.82, 2.24) is 4.90 Å². The van der Waals surface area contributed by atoms with Gasteiger partial charge in [0.2, 0.25) is 0 Å². The van der Waals surface area contributed by atoms with Gasteiger partial charge in [0.05, 0.1) is 11.3 Å². The standard InChI is InChI=1S/C19H19N3O6S/c1-12(23)14-3-6-16(7-4-14)20-18(24)13(2)28-19(25)15-5-8-17-21-29(26,27)10-9-22(17)11-15/h3-8,11,13H,9-10H2,1-2H3,(H,20,24)/t13-/m1/s1. The van der Waals surface area contributed by atoms with Gasteiger partial charge in [-0.05, 0) is 50.3 Å². The molecule has 0 unspecified atom stereocenters. The predicted octanol–water partition coefficient (Wildman–Crippen LogP) is 1.26. The summed E-state index contributed by atoms with van der Waals surface area (Å²) in [6.45, 7) is 3.06. The molecular weight excluding hydrogens is 398 g/mol. The molecule has 0 fully saturated rings. The van der Waals surface area contributed by atoms with Gasteiger partial charge in [0.25, 0.3) is 15.9 Å². The Hall–Kier alpha value is -3.27. The Kier molecular flexibility index (Phi) is 5.64. The smallest absolute Gasteiger partial charge is 0.340 e. The van der Waals surface area contributed by atoms with Crippen LogP contribution in [-0.4, -0.2) is 55.2 Å². The molecule has 1 aromatic carbocycles. The van der Waals surface area contributed by atoms with Crippen LogP contribution in [0.15, 0.2) is 52.6 Å². The lowest BCUT2D eigenvalue weighted by atomic mass is 10.1. The third-order valence-corrected chi connectivity index (χ3v) is 5.44.